The van der Waals surface area contributed by atoms with E-state index < -0.39 is 0 Å². The summed E-state index contributed by atoms with van der Waals surface area (Å²) in [5.41, 5.74) is 2.50. The van der Waals surface area contributed by atoms with E-state index in [0.717, 1.165) is 41.3 Å². The van der Waals surface area contributed by atoms with Crippen molar-refractivity contribution in [3.8, 4) is 0 Å². The highest BCUT2D eigenvalue weighted by Gasteiger charge is 2.20. The van der Waals surface area contributed by atoms with Crippen LogP contribution >= 0.6 is 23.4 Å². The molecule has 1 heterocycles. The zero-order chi connectivity index (χ0) is 17.8. The fraction of sp³-hybridized carbons (Fsp3) is 0.350. The highest BCUT2D eigenvalue weighted by atomic mass is 35.5. The standard InChI is InChI=1S/C20H22ClNO2S/c1-14-9-10-15(12-18(14)21)22(2)20(23)17-7-3-4-8-19(17)25-13-16-6-5-11-24-16/h3-4,7-10,12,16H,5-6,11,13H2,1-2H3. The van der Waals surface area contributed by atoms with Crippen molar-refractivity contribution in [2.24, 2.45) is 0 Å². The lowest BCUT2D eigenvalue weighted by molar-refractivity contribution is 0.0990. The molecule has 1 fully saturated rings. The molecule has 0 N–H and O–H groups in total. The Labute approximate surface area is 158 Å². The van der Waals surface area contributed by atoms with Crippen LogP contribution in [0.1, 0.15) is 28.8 Å². The molecule has 0 radical (unpaired) electrons. The molecular formula is C20H22ClNO2S. The number of amides is 1. The maximum absolute atomic E-state index is 13.0. The van der Waals surface area contributed by atoms with Crippen LogP contribution in [0.15, 0.2) is 47.4 Å². The van der Waals surface area contributed by atoms with Crippen LogP contribution in [0.5, 0.6) is 0 Å². The molecule has 2 aromatic rings. The second-order valence-corrected chi connectivity index (χ2v) is 7.71. The fourth-order valence-corrected chi connectivity index (χ4v) is 4.10. The lowest BCUT2D eigenvalue weighted by Crippen LogP contribution is -2.26. The highest BCUT2D eigenvalue weighted by Crippen LogP contribution is 2.29. The van der Waals surface area contributed by atoms with Crippen LogP contribution in [0.25, 0.3) is 0 Å². The summed E-state index contributed by atoms with van der Waals surface area (Å²) < 4.78 is 5.69. The lowest BCUT2D eigenvalue weighted by atomic mass is 10.1. The van der Waals surface area contributed by atoms with Crippen LogP contribution in [0.4, 0.5) is 5.69 Å². The minimum atomic E-state index is -0.0321. The number of halogens is 1. The molecule has 2 aromatic carbocycles. The summed E-state index contributed by atoms with van der Waals surface area (Å²) >= 11 is 7.90. The lowest BCUT2D eigenvalue weighted by Gasteiger charge is -2.20. The topological polar surface area (TPSA) is 29.5 Å². The van der Waals surface area contributed by atoms with E-state index in [1.165, 1.54) is 0 Å². The smallest absolute Gasteiger partial charge is 0.259 e. The van der Waals surface area contributed by atoms with Crippen LogP contribution in [-0.4, -0.2) is 31.4 Å². The van der Waals surface area contributed by atoms with Crippen molar-refractivity contribution < 1.29 is 9.53 Å². The number of anilines is 1. The number of ether oxygens (including phenoxy) is 1. The van der Waals surface area contributed by atoms with Gasteiger partial charge in [0.2, 0.25) is 0 Å². The minimum absolute atomic E-state index is 0.0321. The van der Waals surface area contributed by atoms with E-state index in [4.69, 9.17) is 16.3 Å². The summed E-state index contributed by atoms with van der Waals surface area (Å²) in [5, 5.41) is 0.665. The molecule has 3 nitrogen and oxygen atoms in total. The van der Waals surface area contributed by atoms with Crippen LogP contribution < -0.4 is 4.90 Å². The first-order valence-electron chi connectivity index (χ1n) is 8.44. The van der Waals surface area contributed by atoms with Crippen molar-refractivity contribution in [2.75, 3.05) is 24.3 Å². The second kappa shape index (κ2) is 8.26. The number of carbonyl (C=O) groups excluding carboxylic acids is 1. The number of benzene rings is 2. The van der Waals surface area contributed by atoms with E-state index in [1.54, 1.807) is 23.7 Å². The van der Waals surface area contributed by atoms with Gasteiger partial charge in [-0.1, -0.05) is 29.8 Å². The normalized spacial score (nSPS) is 16.8. The number of nitrogens with zero attached hydrogens (tertiary/aromatic N) is 1. The molecule has 1 amide bonds. The average Bonchev–Trinajstić information content (AvgIpc) is 3.15. The van der Waals surface area contributed by atoms with Gasteiger partial charge in [-0.15, -0.1) is 11.8 Å². The minimum Gasteiger partial charge on any atom is -0.377 e. The first kappa shape index (κ1) is 18.3. The van der Waals surface area contributed by atoms with Crippen molar-refractivity contribution in [3.63, 3.8) is 0 Å². The van der Waals surface area contributed by atoms with Gasteiger partial charge < -0.3 is 9.64 Å². The predicted octanol–water partition coefficient (Wildman–Crippen LogP) is 5.20. The molecule has 3 rings (SSSR count). The summed E-state index contributed by atoms with van der Waals surface area (Å²) in [6.07, 6.45) is 2.52. The van der Waals surface area contributed by atoms with E-state index in [2.05, 4.69) is 0 Å². The van der Waals surface area contributed by atoms with Gasteiger partial charge in [0.1, 0.15) is 0 Å². The molecule has 132 valence electrons. The van der Waals surface area contributed by atoms with Crippen LogP contribution in [0.3, 0.4) is 0 Å². The third-order valence-corrected chi connectivity index (χ3v) is 6.03. The van der Waals surface area contributed by atoms with Gasteiger partial charge in [-0.25, -0.2) is 0 Å². The van der Waals surface area contributed by atoms with Gasteiger partial charge >= 0.3 is 0 Å². The van der Waals surface area contributed by atoms with Gasteiger partial charge in [-0.3, -0.25) is 4.79 Å². The van der Waals surface area contributed by atoms with E-state index in [-0.39, 0.29) is 5.91 Å². The molecule has 25 heavy (non-hydrogen) atoms. The van der Waals surface area contributed by atoms with Crippen molar-refractivity contribution in [2.45, 2.75) is 30.8 Å². The third-order valence-electron chi connectivity index (χ3n) is 4.41. The van der Waals surface area contributed by atoms with Gasteiger partial charge in [0.05, 0.1) is 11.7 Å². The van der Waals surface area contributed by atoms with Gasteiger partial charge in [-0.05, 0) is 49.6 Å². The maximum atomic E-state index is 13.0. The Morgan fingerprint density at radius 3 is 2.84 bits per heavy atom. The summed E-state index contributed by atoms with van der Waals surface area (Å²) in [4.78, 5) is 15.6. The molecule has 1 unspecified atom stereocenters. The van der Waals surface area contributed by atoms with E-state index in [9.17, 15) is 4.79 Å². The molecule has 0 saturated carbocycles. The largest absolute Gasteiger partial charge is 0.377 e. The predicted molar refractivity (Wildman–Crippen MR) is 105 cm³/mol. The Bertz CT molecular complexity index is 759. The zero-order valence-corrected chi connectivity index (χ0v) is 16.1. The highest BCUT2D eigenvalue weighted by molar-refractivity contribution is 7.99. The molecule has 0 aromatic heterocycles. The van der Waals surface area contributed by atoms with E-state index in [1.807, 2.05) is 49.4 Å². The fourth-order valence-electron chi connectivity index (χ4n) is 2.82. The van der Waals surface area contributed by atoms with Crippen molar-refractivity contribution >= 4 is 35.0 Å². The first-order chi connectivity index (χ1) is 12.1. The Balaban J connectivity index is 1.77. The SMILES string of the molecule is Cc1ccc(N(C)C(=O)c2ccccc2SCC2CCCO2)cc1Cl. The van der Waals surface area contributed by atoms with Gasteiger partial charge in [0, 0.05) is 35.0 Å². The third kappa shape index (κ3) is 4.38. The monoisotopic (exact) mass is 375 g/mol. The summed E-state index contributed by atoms with van der Waals surface area (Å²) in [6.45, 7) is 2.80. The van der Waals surface area contributed by atoms with Crippen LogP contribution in [0, 0.1) is 6.92 Å². The van der Waals surface area contributed by atoms with Crippen molar-refractivity contribution in [1.82, 2.24) is 0 Å². The van der Waals surface area contributed by atoms with E-state index >= 15 is 0 Å². The van der Waals surface area contributed by atoms with E-state index in [0.29, 0.717) is 16.7 Å². The van der Waals surface area contributed by atoms with Gasteiger partial charge in [0.15, 0.2) is 0 Å². The Kier molecular flexibility index (Phi) is 6.05. The van der Waals surface area contributed by atoms with Crippen molar-refractivity contribution in [3.05, 3.63) is 58.6 Å². The molecule has 1 aliphatic heterocycles. The van der Waals surface area contributed by atoms with Crippen molar-refractivity contribution in [1.29, 1.82) is 0 Å². The van der Waals surface area contributed by atoms with Gasteiger partial charge in [-0.2, -0.15) is 0 Å². The van der Waals surface area contributed by atoms with Crippen LogP contribution in [0.2, 0.25) is 5.02 Å². The van der Waals surface area contributed by atoms with Crippen LogP contribution in [-0.2, 0) is 4.74 Å². The Morgan fingerprint density at radius 2 is 2.12 bits per heavy atom. The first-order valence-corrected chi connectivity index (χ1v) is 9.80. The summed E-state index contributed by atoms with van der Waals surface area (Å²) in [7, 11) is 1.78. The number of thioether (sulfide) groups is 1. The molecule has 0 spiro atoms. The number of carbonyl (C=O) groups is 1. The number of hydrogen-bond donors (Lipinski definition) is 0. The molecule has 1 atom stereocenters. The Morgan fingerprint density at radius 1 is 1.32 bits per heavy atom. The molecular weight excluding hydrogens is 354 g/mol. The number of aryl methyl sites for hydroxylation is 1. The summed E-state index contributed by atoms with van der Waals surface area (Å²) in [5.74, 6) is 0.847. The average molecular weight is 376 g/mol. The number of hydrogen-bond acceptors (Lipinski definition) is 3. The second-order valence-electron chi connectivity index (χ2n) is 6.24. The zero-order valence-electron chi connectivity index (χ0n) is 14.5. The Hall–Kier alpha value is -1.49. The molecule has 1 aliphatic rings. The van der Waals surface area contributed by atoms with Gasteiger partial charge in [0.25, 0.3) is 5.91 Å². The molecule has 0 bridgehead atoms. The molecule has 5 heteroatoms. The quantitative estimate of drug-likeness (QED) is 0.673. The number of rotatable bonds is 5. The maximum Gasteiger partial charge on any atom is 0.259 e. The summed E-state index contributed by atoms with van der Waals surface area (Å²) in [6, 6.07) is 13.4. The molecule has 0 aliphatic carbocycles. The molecule has 1 saturated heterocycles.